The summed E-state index contributed by atoms with van der Waals surface area (Å²) in [6, 6.07) is 7.61. The first-order valence-corrected chi connectivity index (χ1v) is 8.35. The number of para-hydroxylation sites is 1. The molecule has 134 valence electrons. The minimum absolute atomic E-state index is 0.0182. The highest BCUT2D eigenvalue weighted by molar-refractivity contribution is 8.18. The highest BCUT2D eigenvalue weighted by atomic mass is 32.2. The van der Waals surface area contributed by atoms with E-state index in [9.17, 15) is 24.3 Å². The third-order valence-corrected chi connectivity index (χ3v) is 4.55. The van der Waals surface area contributed by atoms with E-state index in [1.807, 2.05) is 4.98 Å². The minimum Gasteiger partial charge on any atom is -0.507 e. The number of amides is 2. The van der Waals surface area contributed by atoms with Gasteiger partial charge < -0.3 is 9.52 Å². The molecular formula is C17H9N3O6S. The van der Waals surface area contributed by atoms with E-state index in [1.54, 1.807) is 18.2 Å². The van der Waals surface area contributed by atoms with Crippen molar-refractivity contribution in [3.63, 3.8) is 0 Å². The fourth-order valence-electron chi connectivity index (χ4n) is 2.57. The first kappa shape index (κ1) is 16.8. The van der Waals surface area contributed by atoms with Crippen molar-refractivity contribution < 1.29 is 19.1 Å². The van der Waals surface area contributed by atoms with E-state index >= 15 is 0 Å². The SMILES string of the molecule is O=C1NC(=O)/C(=C/c2cc3c(=O)[nH]c(=O)nc-3oc2-c2ccccc2O)S1. The third kappa shape index (κ3) is 3.02. The van der Waals surface area contributed by atoms with Crippen LogP contribution in [-0.2, 0) is 4.79 Å². The van der Waals surface area contributed by atoms with Gasteiger partial charge in [0.15, 0.2) is 0 Å². The Morgan fingerprint density at radius 3 is 2.59 bits per heavy atom. The lowest BCUT2D eigenvalue weighted by Crippen LogP contribution is -2.24. The zero-order chi connectivity index (χ0) is 19.1. The summed E-state index contributed by atoms with van der Waals surface area (Å²) < 4.78 is 5.63. The molecule has 10 heteroatoms. The average Bonchev–Trinajstić information content (AvgIpc) is 2.92. The third-order valence-electron chi connectivity index (χ3n) is 3.74. The number of imide groups is 1. The lowest BCUT2D eigenvalue weighted by molar-refractivity contribution is -0.115. The van der Waals surface area contributed by atoms with E-state index in [0.29, 0.717) is 11.8 Å². The van der Waals surface area contributed by atoms with Gasteiger partial charge in [0.2, 0.25) is 5.89 Å². The molecule has 3 aliphatic rings. The van der Waals surface area contributed by atoms with E-state index in [0.717, 1.165) is 0 Å². The second kappa shape index (κ2) is 6.25. The molecule has 0 atom stereocenters. The van der Waals surface area contributed by atoms with Crippen molar-refractivity contribution >= 4 is 29.0 Å². The maximum Gasteiger partial charge on any atom is 0.351 e. The molecular weight excluding hydrogens is 374 g/mol. The predicted molar refractivity (Wildman–Crippen MR) is 96.2 cm³/mol. The number of carbonyl (C=O) groups is 2. The lowest BCUT2D eigenvalue weighted by atomic mass is 10.0. The number of phenols is 1. The Labute approximate surface area is 154 Å². The van der Waals surface area contributed by atoms with Crippen LogP contribution in [0.4, 0.5) is 4.79 Å². The van der Waals surface area contributed by atoms with Crippen molar-refractivity contribution in [1.82, 2.24) is 15.3 Å². The Morgan fingerprint density at radius 1 is 1.11 bits per heavy atom. The van der Waals surface area contributed by atoms with Crippen LogP contribution < -0.4 is 16.6 Å². The van der Waals surface area contributed by atoms with Crippen LogP contribution in [-0.4, -0.2) is 26.2 Å². The molecule has 0 radical (unpaired) electrons. The van der Waals surface area contributed by atoms with Crippen LogP contribution in [0.1, 0.15) is 5.56 Å². The summed E-state index contributed by atoms with van der Waals surface area (Å²) in [4.78, 5) is 52.5. The Balaban J connectivity index is 2.04. The van der Waals surface area contributed by atoms with Crippen LogP contribution in [0.3, 0.4) is 0 Å². The Kier molecular flexibility index (Phi) is 3.89. The van der Waals surface area contributed by atoms with Gasteiger partial charge in [-0.2, -0.15) is 4.98 Å². The summed E-state index contributed by atoms with van der Waals surface area (Å²) in [5.41, 5.74) is -1.09. The van der Waals surface area contributed by atoms with Gasteiger partial charge in [0.25, 0.3) is 16.7 Å². The number of aromatic hydroxyl groups is 1. The van der Waals surface area contributed by atoms with Gasteiger partial charge in [0.1, 0.15) is 17.1 Å². The molecule has 1 aromatic rings. The van der Waals surface area contributed by atoms with E-state index < -0.39 is 22.4 Å². The first-order valence-electron chi connectivity index (χ1n) is 7.54. The van der Waals surface area contributed by atoms with Gasteiger partial charge in [0, 0.05) is 5.56 Å². The van der Waals surface area contributed by atoms with Crippen LogP contribution >= 0.6 is 11.8 Å². The number of rotatable bonds is 2. The van der Waals surface area contributed by atoms with Gasteiger partial charge in [-0.15, -0.1) is 0 Å². The topological polar surface area (TPSA) is 142 Å². The fourth-order valence-corrected chi connectivity index (χ4v) is 3.24. The van der Waals surface area contributed by atoms with Crippen molar-refractivity contribution in [1.29, 1.82) is 0 Å². The highest BCUT2D eigenvalue weighted by Gasteiger charge is 2.27. The zero-order valence-corrected chi connectivity index (χ0v) is 14.1. The van der Waals surface area contributed by atoms with Crippen molar-refractivity contribution in [2.24, 2.45) is 0 Å². The molecule has 0 unspecified atom stereocenters. The van der Waals surface area contributed by atoms with Crippen molar-refractivity contribution in [2.75, 3.05) is 0 Å². The molecule has 1 aromatic carbocycles. The molecule has 9 nitrogen and oxygen atoms in total. The molecule has 0 aromatic heterocycles. The Morgan fingerprint density at radius 2 is 1.89 bits per heavy atom. The number of fused-ring (bicyclic) bond motifs is 1. The highest BCUT2D eigenvalue weighted by Crippen LogP contribution is 2.37. The maximum atomic E-state index is 12.1. The predicted octanol–water partition coefficient (Wildman–Crippen LogP) is 1.52. The number of hydrogen-bond acceptors (Lipinski definition) is 8. The lowest BCUT2D eigenvalue weighted by Gasteiger charge is -2.11. The molecule has 4 rings (SSSR count). The summed E-state index contributed by atoms with van der Waals surface area (Å²) in [7, 11) is 0. The summed E-state index contributed by atoms with van der Waals surface area (Å²) in [5.74, 6) is -0.843. The van der Waals surface area contributed by atoms with Crippen LogP contribution in [0.2, 0.25) is 0 Å². The second-order valence-electron chi connectivity index (χ2n) is 5.49. The van der Waals surface area contributed by atoms with E-state index in [2.05, 4.69) is 10.3 Å². The fraction of sp³-hybridized carbons (Fsp3) is 0. The monoisotopic (exact) mass is 383 g/mol. The summed E-state index contributed by atoms with van der Waals surface area (Å²) in [6.07, 6.45) is 1.36. The van der Waals surface area contributed by atoms with Crippen LogP contribution in [0.5, 0.6) is 5.75 Å². The van der Waals surface area contributed by atoms with E-state index in [1.165, 1.54) is 18.2 Å². The largest absolute Gasteiger partial charge is 0.507 e. The van der Waals surface area contributed by atoms with E-state index in [-0.39, 0.29) is 39.0 Å². The van der Waals surface area contributed by atoms with Gasteiger partial charge in [-0.3, -0.25) is 24.7 Å². The first-order chi connectivity index (χ1) is 12.9. The second-order valence-corrected chi connectivity index (χ2v) is 6.50. The molecule has 2 amide bonds. The normalized spacial score (nSPS) is 15.5. The number of H-pyrrole nitrogens is 1. The number of phenolic OH excluding ortho intramolecular Hbond substituents is 1. The standard InChI is InChI=1S/C17H9N3O6S/c21-10-4-2-1-3-8(10)12-7(6-11-14(23)19-17(25)27-11)5-9-13(22)18-16(24)20-15(9)26-12/h1-6,21H,(H,18,22,24)(H,19,23,25)/b11-6-. The molecule has 3 heterocycles. The van der Waals surface area contributed by atoms with Gasteiger partial charge in [-0.25, -0.2) is 4.79 Å². The number of aromatic amines is 1. The van der Waals surface area contributed by atoms with E-state index in [4.69, 9.17) is 4.42 Å². The molecule has 0 spiro atoms. The molecule has 3 aliphatic heterocycles. The molecule has 0 saturated carbocycles. The summed E-state index contributed by atoms with van der Waals surface area (Å²) >= 11 is 0.694. The smallest absolute Gasteiger partial charge is 0.351 e. The number of nitrogens with one attached hydrogen (secondary N) is 2. The Bertz CT molecular complexity index is 1230. The molecule has 1 fully saturated rings. The van der Waals surface area contributed by atoms with Gasteiger partial charge >= 0.3 is 5.69 Å². The summed E-state index contributed by atoms with van der Waals surface area (Å²) in [6.45, 7) is 0. The number of thioether (sulfide) groups is 1. The average molecular weight is 383 g/mol. The maximum absolute atomic E-state index is 12.1. The molecule has 27 heavy (non-hydrogen) atoms. The van der Waals surface area contributed by atoms with Crippen molar-refractivity contribution in [3.8, 4) is 28.5 Å². The van der Waals surface area contributed by atoms with Crippen LogP contribution in [0.15, 0.2) is 49.2 Å². The molecule has 0 bridgehead atoms. The number of hydrogen-bond donors (Lipinski definition) is 3. The van der Waals surface area contributed by atoms with Crippen molar-refractivity contribution in [3.05, 3.63) is 61.6 Å². The van der Waals surface area contributed by atoms with Crippen molar-refractivity contribution in [2.45, 2.75) is 0 Å². The molecule has 1 saturated heterocycles. The summed E-state index contributed by atoms with van der Waals surface area (Å²) in [5, 5.41) is 11.8. The van der Waals surface area contributed by atoms with Gasteiger partial charge in [0.05, 0.1) is 10.5 Å². The zero-order valence-electron chi connectivity index (χ0n) is 13.3. The quantitative estimate of drug-likeness (QED) is 0.566. The number of aromatic nitrogens is 2. The van der Waals surface area contributed by atoms with Gasteiger partial charge in [-0.05, 0) is 36.0 Å². The molecule has 3 N–H and O–H groups in total. The minimum atomic E-state index is -0.873. The number of carbonyl (C=O) groups excluding carboxylic acids is 2. The van der Waals surface area contributed by atoms with Gasteiger partial charge in [-0.1, -0.05) is 12.1 Å². The molecule has 0 aliphatic carbocycles. The number of benzene rings is 1. The Hall–Kier alpha value is -3.66. The van der Waals surface area contributed by atoms with Crippen LogP contribution in [0, 0.1) is 0 Å². The number of nitrogens with zero attached hydrogens (tertiary/aromatic N) is 1. The van der Waals surface area contributed by atoms with Crippen LogP contribution in [0.25, 0.3) is 28.9 Å².